The molecule has 0 aliphatic heterocycles. The molecule has 0 aliphatic carbocycles. The Hall–Kier alpha value is -3.90. The van der Waals surface area contributed by atoms with E-state index >= 15 is 0 Å². The lowest BCUT2D eigenvalue weighted by Crippen LogP contribution is -2.39. The van der Waals surface area contributed by atoms with Crippen molar-refractivity contribution >= 4 is 62.6 Å². The average Bonchev–Trinajstić information content (AvgIpc) is 3.43. The molecule has 4 rings (SSSR count). The van der Waals surface area contributed by atoms with Crippen LogP contribution in [0.4, 0.5) is 5.69 Å². The first-order valence-electron chi connectivity index (χ1n) is 12.0. The summed E-state index contributed by atoms with van der Waals surface area (Å²) < 4.78 is 50.2. The standard InChI is InChI=1S/C28H24Cl3N3O7S/c1-38-25-9-5-18(30)13-23(25)34(42(36,37)20-7-11-26(39-2)27(14-20)40-3)16-28(35)33-32-15-19-6-10-24(41-19)21-8-4-17(29)12-22(21)31/h4-15H,16H2,1-3H3,(H,33,35)/b32-15-. The molecule has 3 aromatic carbocycles. The SMILES string of the molecule is COc1ccc(S(=O)(=O)N(CC(=O)N/N=C\c2ccc(-c3ccc(Cl)cc3Cl)o2)c2cc(Cl)ccc2OC)cc1OC. The molecular formula is C28H24Cl3N3O7S. The van der Waals surface area contributed by atoms with Gasteiger partial charge in [0.1, 0.15) is 23.8 Å². The molecule has 0 spiro atoms. The summed E-state index contributed by atoms with van der Waals surface area (Å²) in [6, 6.07) is 16.7. The molecule has 4 aromatic rings. The number of ether oxygens (including phenoxy) is 3. The fourth-order valence-electron chi connectivity index (χ4n) is 3.85. The number of carbonyl (C=O) groups is 1. The normalized spacial score (nSPS) is 11.4. The van der Waals surface area contributed by atoms with Crippen LogP contribution >= 0.6 is 34.8 Å². The van der Waals surface area contributed by atoms with Crippen LogP contribution in [0, 0.1) is 0 Å². The number of carbonyl (C=O) groups excluding carboxylic acids is 1. The molecule has 10 nitrogen and oxygen atoms in total. The summed E-state index contributed by atoms with van der Waals surface area (Å²) in [5, 5.41) is 5.02. The van der Waals surface area contributed by atoms with Crippen LogP contribution in [0.2, 0.25) is 15.1 Å². The zero-order valence-electron chi connectivity index (χ0n) is 22.4. The van der Waals surface area contributed by atoms with E-state index in [-0.39, 0.29) is 27.1 Å². The van der Waals surface area contributed by atoms with Crippen molar-refractivity contribution in [3.8, 4) is 28.6 Å². The molecule has 0 aliphatic rings. The Morgan fingerprint density at radius 2 is 1.55 bits per heavy atom. The van der Waals surface area contributed by atoms with E-state index in [1.54, 1.807) is 30.3 Å². The van der Waals surface area contributed by atoms with E-state index in [0.29, 0.717) is 32.9 Å². The van der Waals surface area contributed by atoms with Gasteiger partial charge in [-0.05, 0) is 60.7 Å². The largest absolute Gasteiger partial charge is 0.495 e. The van der Waals surface area contributed by atoms with Crippen LogP contribution in [0.5, 0.6) is 17.2 Å². The maximum absolute atomic E-state index is 13.9. The summed E-state index contributed by atoms with van der Waals surface area (Å²) in [5.74, 6) is 0.694. The second-order valence-corrected chi connectivity index (χ2v) is 11.6. The van der Waals surface area contributed by atoms with Crippen LogP contribution in [0.25, 0.3) is 11.3 Å². The van der Waals surface area contributed by atoms with E-state index < -0.39 is 22.5 Å². The maximum Gasteiger partial charge on any atom is 0.265 e. The Labute approximate surface area is 257 Å². The number of hydrazone groups is 1. The number of hydrogen-bond donors (Lipinski definition) is 1. The minimum absolute atomic E-state index is 0.0365. The number of halogens is 3. The van der Waals surface area contributed by atoms with Gasteiger partial charge in [-0.1, -0.05) is 34.8 Å². The molecule has 1 aromatic heterocycles. The van der Waals surface area contributed by atoms with Gasteiger partial charge in [-0.2, -0.15) is 5.10 Å². The van der Waals surface area contributed by atoms with Gasteiger partial charge in [0.15, 0.2) is 11.5 Å². The van der Waals surface area contributed by atoms with Crippen molar-refractivity contribution in [2.24, 2.45) is 5.10 Å². The molecule has 0 saturated carbocycles. The first-order valence-corrected chi connectivity index (χ1v) is 14.6. The summed E-state index contributed by atoms with van der Waals surface area (Å²) in [4.78, 5) is 12.8. The zero-order chi connectivity index (χ0) is 30.4. The molecule has 0 fully saturated rings. The van der Waals surface area contributed by atoms with Crippen molar-refractivity contribution in [2.45, 2.75) is 4.90 Å². The lowest BCUT2D eigenvalue weighted by atomic mass is 10.2. The molecule has 0 radical (unpaired) electrons. The number of hydrogen-bond acceptors (Lipinski definition) is 8. The third-order valence-electron chi connectivity index (χ3n) is 5.84. The van der Waals surface area contributed by atoms with E-state index in [9.17, 15) is 13.2 Å². The Kier molecular flexibility index (Phi) is 9.89. The monoisotopic (exact) mass is 651 g/mol. The molecule has 0 bridgehead atoms. The number of benzene rings is 3. The number of amides is 1. The lowest BCUT2D eigenvalue weighted by molar-refractivity contribution is -0.119. The van der Waals surface area contributed by atoms with Gasteiger partial charge in [0.2, 0.25) is 0 Å². The van der Waals surface area contributed by atoms with Gasteiger partial charge in [-0.3, -0.25) is 9.10 Å². The van der Waals surface area contributed by atoms with Gasteiger partial charge in [-0.15, -0.1) is 0 Å². The van der Waals surface area contributed by atoms with Gasteiger partial charge in [0.25, 0.3) is 15.9 Å². The molecule has 1 N–H and O–H groups in total. The molecule has 0 atom stereocenters. The topological polar surface area (TPSA) is 120 Å². The highest BCUT2D eigenvalue weighted by atomic mass is 35.5. The first kappa shape index (κ1) is 31.0. The zero-order valence-corrected chi connectivity index (χ0v) is 25.5. The molecule has 0 saturated heterocycles. The fourth-order valence-corrected chi connectivity index (χ4v) is 5.96. The Bertz CT molecular complexity index is 1740. The predicted octanol–water partition coefficient (Wildman–Crippen LogP) is 6.28. The molecule has 14 heteroatoms. The van der Waals surface area contributed by atoms with Crippen LogP contribution in [0.1, 0.15) is 5.76 Å². The van der Waals surface area contributed by atoms with Crippen molar-refractivity contribution in [1.29, 1.82) is 0 Å². The van der Waals surface area contributed by atoms with Gasteiger partial charge in [-0.25, -0.2) is 13.8 Å². The summed E-state index contributed by atoms with van der Waals surface area (Å²) in [7, 11) is -0.188. The Morgan fingerprint density at radius 1 is 0.881 bits per heavy atom. The van der Waals surface area contributed by atoms with Crippen LogP contribution in [-0.4, -0.2) is 48.4 Å². The summed E-state index contributed by atoms with van der Waals surface area (Å²) >= 11 is 18.4. The van der Waals surface area contributed by atoms with Gasteiger partial charge < -0.3 is 18.6 Å². The molecule has 1 amide bonds. The number of sulfonamides is 1. The minimum atomic E-state index is -4.36. The predicted molar refractivity (Wildman–Crippen MR) is 162 cm³/mol. The van der Waals surface area contributed by atoms with Gasteiger partial charge in [0, 0.05) is 21.7 Å². The number of rotatable bonds is 11. The number of anilines is 1. The third-order valence-corrected chi connectivity index (χ3v) is 8.38. The highest BCUT2D eigenvalue weighted by Crippen LogP contribution is 2.37. The van der Waals surface area contributed by atoms with Crippen LogP contribution < -0.4 is 23.9 Å². The molecule has 42 heavy (non-hydrogen) atoms. The second kappa shape index (κ2) is 13.4. The van der Waals surface area contributed by atoms with Crippen molar-refractivity contribution in [1.82, 2.24) is 5.43 Å². The highest BCUT2D eigenvalue weighted by Gasteiger charge is 2.30. The Morgan fingerprint density at radius 3 is 2.24 bits per heavy atom. The summed E-state index contributed by atoms with van der Waals surface area (Å²) in [6.07, 6.45) is 1.26. The maximum atomic E-state index is 13.9. The highest BCUT2D eigenvalue weighted by molar-refractivity contribution is 7.92. The second-order valence-electron chi connectivity index (χ2n) is 8.46. The van der Waals surface area contributed by atoms with Crippen molar-refractivity contribution in [3.05, 3.63) is 87.6 Å². The first-order chi connectivity index (χ1) is 20.1. The Balaban J connectivity index is 1.60. The number of nitrogens with one attached hydrogen (secondary N) is 1. The van der Waals surface area contributed by atoms with Crippen LogP contribution in [0.3, 0.4) is 0 Å². The van der Waals surface area contributed by atoms with Crippen LogP contribution in [0.15, 0.2) is 81.1 Å². The molecular weight excluding hydrogens is 629 g/mol. The van der Waals surface area contributed by atoms with E-state index in [4.69, 9.17) is 53.4 Å². The van der Waals surface area contributed by atoms with Gasteiger partial charge in [0.05, 0.1) is 43.1 Å². The average molecular weight is 653 g/mol. The van der Waals surface area contributed by atoms with E-state index in [0.717, 1.165) is 4.31 Å². The fraction of sp³-hybridized carbons (Fsp3) is 0.143. The number of nitrogens with zero attached hydrogens (tertiary/aromatic N) is 2. The molecule has 220 valence electrons. The molecule has 0 unspecified atom stereocenters. The van der Waals surface area contributed by atoms with Crippen molar-refractivity contribution < 1.29 is 31.8 Å². The summed E-state index contributed by atoms with van der Waals surface area (Å²) in [5.41, 5.74) is 2.98. The summed E-state index contributed by atoms with van der Waals surface area (Å²) in [6.45, 7) is -0.672. The third kappa shape index (κ3) is 6.93. The van der Waals surface area contributed by atoms with Crippen LogP contribution in [-0.2, 0) is 14.8 Å². The smallest absolute Gasteiger partial charge is 0.265 e. The number of methoxy groups -OCH3 is 3. The lowest BCUT2D eigenvalue weighted by Gasteiger charge is -2.25. The van der Waals surface area contributed by atoms with E-state index in [1.807, 2.05) is 0 Å². The quantitative estimate of drug-likeness (QED) is 0.150. The van der Waals surface area contributed by atoms with Crippen molar-refractivity contribution in [3.63, 3.8) is 0 Å². The van der Waals surface area contributed by atoms with E-state index in [1.165, 1.54) is 63.9 Å². The van der Waals surface area contributed by atoms with Gasteiger partial charge >= 0.3 is 0 Å². The number of furan rings is 1. The van der Waals surface area contributed by atoms with E-state index in [2.05, 4.69) is 10.5 Å². The minimum Gasteiger partial charge on any atom is -0.495 e. The van der Waals surface area contributed by atoms with Crippen molar-refractivity contribution in [2.75, 3.05) is 32.2 Å². The molecule has 1 heterocycles.